The first kappa shape index (κ1) is 8.35. The van der Waals surface area contributed by atoms with Crippen LogP contribution in [0.5, 0.6) is 0 Å². The Morgan fingerprint density at radius 1 is 0.812 bits per heavy atom. The van der Waals surface area contributed by atoms with Crippen molar-refractivity contribution in [2.45, 2.75) is 12.8 Å². The van der Waals surface area contributed by atoms with Gasteiger partial charge in [-0.3, -0.25) is 0 Å². The average Bonchev–Trinajstić information content (AvgIpc) is 2.88. The molecule has 0 amide bonds. The quantitative estimate of drug-likeness (QED) is 0.522. The summed E-state index contributed by atoms with van der Waals surface area (Å²) >= 11 is 0. The number of allylic oxidation sites excluding steroid dienone is 1. The Hall–Kier alpha value is -1.82. The van der Waals surface area contributed by atoms with Crippen LogP contribution in [-0.4, -0.2) is 0 Å². The van der Waals surface area contributed by atoms with E-state index in [4.69, 9.17) is 0 Å². The van der Waals surface area contributed by atoms with Crippen LogP contribution in [0, 0.1) is 0 Å². The van der Waals surface area contributed by atoms with E-state index in [1.807, 2.05) is 0 Å². The van der Waals surface area contributed by atoms with Crippen LogP contribution in [0.15, 0.2) is 42.5 Å². The van der Waals surface area contributed by atoms with Gasteiger partial charge < -0.3 is 0 Å². The summed E-state index contributed by atoms with van der Waals surface area (Å²) in [5, 5.41) is 0. The minimum Gasteiger partial charge on any atom is -0.0795 e. The molecule has 0 heterocycles. The third kappa shape index (κ3) is 0.992. The van der Waals surface area contributed by atoms with Gasteiger partial charge in [0.25, 0.3) is 0 Å². The molecule has 2 aromatic carbocycles. The van der Waals surface area contributed by atoms with Crippen LogP contribution in [0.3, 0.4) is 0 Å². The average molecular weight is 204 g/mol. The van der Waals surface area contributed by atoms with E-state index in [0.29, 0.717) is 0 Å². The molecule has 0 fully saturated rings. The van der Waals surface area contributed by atoms with Crippen molar-refractivity contribution < 1.29 is 0 Å². The lowest BCUT2D eigenvalue weighted by Crippen LogP contribution is -1.86. The van der Waals surface area contributed by atoms with E-state index in [2.05, 4.69) is 48.6 Å². The van der Waals surface area contributed by atoms with Crippen LogP contribution in [-0.2, 0) is 12.8 Å². The van der Waals surface area contributed by atoms with E-state index >= 15 is 0 Å². The molecule has 0 aliphatic heterocycles. The van der Waals surface area contributed by atoms with Crippen LogP contribution in [0.2, 0.25) is 0 Å². The van der Waals surface area contributed by atoms with Gasteiger partial charge in [-0.05, 0) is 52.3 Å². The van der Waals surface area contributed by atoms with E-state index in [-0.39, 0.29) is 0 Å². The van der Waals surface area contributed by atoms with Gasteiger partial charge in [-0.15, -0.1) is 0 Å². The first-order valence-corrected chi connectivity index (χ1v) is 5.82. The molecule has 0 nitrogen and oxygen atoms in total. The molecule has 76 valence electrons. The van der Waals surface area contributed by atoms with Crippen molar-refractivity contribution in [2.24, 2.45) is 0 Å². The van der Waals surface area contributed by atoms with Crippen molar-refractivity contribution in [1.29, 1.82) is 0 Å². The summed E-state index contributed by atoms with van der Waals surface area (Å²) in [4.78, 5) is 0. The van der Waals surface area contributed by atoms with Gasteiger partial charge in [-0.1, -0.05) is 42.5 Å². The Morgan fingerprint density at radius 3 is 2.75 bits per heavy atom. The Kier molecular flexibility index (Phi) is 1.49. The van der Waals surface area contributed by atoms with Crippen molar-refractivity contribution in [3.05, 3.63) is 64.7 Å². The van der Waals surface area contributed by atoms with E-state index in [1.165, 1.54) is 33.4 Å². The summed E-state index contributed by atoms with van der Waals surface area (Å²) < 4.78 is 0. The maximum atomic E-state index is 2.39. The second kappa shape index (κ2) is 2.85. The van der Waals surface area contributed by atoms with E-state index < -0.39 is 0 Å². The first-order valence-electron chi connectivity index (χ1n) is 5.82. The molecule has 16 heavy (non-hydrogen) atoms. The highest BCUT2D eigenvalue weighted by Gasteiger charge is 2.20. The van der Waals surface area contributed by atoms with Crippen molar-refractivity contribution >= 4 is 6.08 Å². The number of fused-ring (bicyclic) bond motifs is 4. The maximum Gasteiger partial charge on any atom is -0.00133 e. The largest absolute Gasteiger partial charge is 0.0795 e. The van der Waals surface area contributed by atoms with E-state index in [9.17, 15) is 0 Å². The highest BCUT2D eigenvalue weighted by molar-refractivity contribution is 5.80. The first-order chi connectivity index (χ1) is 7.92. The van der Waals surface area contributed by atoms with Crippen LogP contribution < -0.4 is 0 Å². The Morgan fingerprint density at radius 2 is 1.75 bits per heavy atom. The van der Waals surface area contributed by atoms with E-state index in [1.54, 1.807) is 0 Å². The molecule has 0 N–H and O–H groups in total. The monoisotopic (exact) mass is 204 g/mol. The summed E-state index contributed by atoms with van der Waals surface area (Å²) in [6, 6.07) is 13.5. The number of benzene rings is 2. The molecule has 0 spiro atoms. The molecule has 0 unspecified atom stereocenters. The molecular formula is C16H12. The summed E-state index contributed by atoms with van der Waals surface area (Å²) in [7, 11) is 0. The normalized spacial score (nSPS) is 14.8. The number of hydrogen-bond donors (Lipinski definition) is 0. The SMILES string of the molecule is C1=Cc2cc3c(cc2C1)Cc1ccccc1-3. The summed E-state index contributed by atoms with van der Waals surface area (Å²) in [5.41, 5.74) is 8.76. The standard InChI is InChI=1S/C16H12/c1-2-7-15-13(4-1)9-14-8-11-5-3-6-12(11)10-16(14)15/h1-4,6-8,10H,5,9H2. The van der Waals surface area contributed by atoms with Crippen LogP contribution in [0.25, 0.3) is 17.2 Å². The minimum absolute atomic E-state index is 1.11. The topological polar surface area (TPSA) is 0 Å². The van der Waals surface area contributed by atoms with Crippen LogP contribution in [0.1, 0.15) is 22.3 Å². The highest BCUT2D eigenvalue weighted by Crippen LogP contribution is 2.39. The summed E-state index contributed by atoms with van der Waals surface area (Å²) in [5.74, 6) is 0. The molecule has 0 atom stereocenters. The predicted octanol–water partition coefficient (Wildman–Crippen LogP) is 3.83. The summed E-state index contributed by atoms with van der Waals surface area (Å²) in [6.07, 6.45) is 6.72. The zero-order valence-electron chi connectivity index (χ0n) is 9.03. The van der Waals surface area contributed by atoms with Gasteiger partial charge in [0.05, 0.1) is 0 Å². The van der Waals surface area contributed by atoms with Crippen molar-refractivity contribution in [1.82, 2.24) is 0 Å². The van der Waals surface area contributed by atoms with Crippen LogP contribution in [0.4, 0.5) is 0 Å². The van der Waals surface area contributed by atoms with Gasteiger partial charge in [0.15, 0.2) is 0 Å². The van der Waals surface area contributed by atoms with Crippen molar-refractivity contribution in [2.75, 3.05) is 0 Å². The second-order valence-electron chi connectivity index (χ2n) is 4.65. The minimum atomic E-state index is 1.11. The zero-order valence-corrected chi connectivity index (χ0v) is 9.03. The lowest BCUT2D eigenvalue weighted by Gasteiger charge is -2.05. The third-order valence-corrected chi connectivity index (χ3v) is 3.69. The highest BCUT2D eigenvalue weighted by atomic mass is 14.2. The van der Waals surface area contributed by atoms with Gasteiger partial charge in [-0.25, -0.2) is 0 Å². The molecule has 0 saturated heterocycles. The fraction of sp³-hybridized carbons (Fsp3) is 0.125. The molecular weight excluding hydrogens is 192 g/mol. The maximum absolute atomic E-state index is 2.39. The van der Waals surface area contributed by atoms with E-state index in [0.717, 1.165) is 12.8 Å². The summed E-state index contributed by atoms with van der Waals surface area (Å²) in [6.45, 7) is 0. The molecule has 2 aromatic rings. The zero-order chi connectivity index (χ0) is 10.5. The number of hydrogen-bond acceptors (Lipinski definition) is 0. The molecule has 2 aliphatic rings. The fourth-order valence-electron chi connectivity index (χ4n) is 2.90. The van der Waals surface area contributed by atoms with Gasteiger partial charge >= 0.3 is 0 Å². The lowest BCUT2D eigenvalue weighted by molar-refractivity contribution is 1.22. The van der Waals surface area contributed by atoms with Gasteiger partial charge in [0.1, 0.15) is 0 Å². The van der Waals surface area contributed by atoms with Gasteiger partial charge in [0.2, 0.25) is 0 Å². The Bertz CT molecular complexity index is 618. The Labute approximate surface area is 95.2 Å². The van der Waals surface area contributed by atoms with Crippen molar-refractivity contribution in [3.8, 4) is 11.1 Å². The fourth-order valence-corrected chi connectivity index (χ4v) is 2.90. The lowest BCUT2D eigenvalue weighted by atomic mass is 10.00. The third-order valence-electron chi connectivity index (χ3n) is 3.69. The Balaban J connectivity index is 2.01. The number of rotatable bonds is 0. The molecule has 2 aliphatic carbocycles. The van der Waals surface area contributed by atoms with Gasteiger partial charge in [-0.2, -0.15) is 0 Å². The second-order valence-corrected chi connectivity index (χ2v) is 4.65. The predicted molar refractivity (Wildman–Crippen MR) is 67.4 cm³/mol. The molecule has 0 saturated carbocycles. The smallest absolute Gasteiger partial charge is 0.00133 e. The molecule has 0 aromatic heterocycles. The van der Waals surface area contributed by atoms with Crippen LogP contribution >= 0.6 is 0 Å². The van der Waals surface area contributed by atoms with Crippen molar-refractivity contribution in [3.63, 3.8) is 0 Å². The molecule has 0 radical (unpaired) electrons. The molecule has 4 rings (SSSR count). The molecule has 0 heteroatoms. The molecule has 0 bridgehead atoms. The van der Waals surface area contributed by atoms with Gasteiger partial charge in [0, 0.05) is 0 Å².